The summed E-state index contributed by atoms with van der Waals surface area (Å²) >= 11 is 0. The molecule has 23 heavy (non-hydrogen) atoms. The van der Waals surface area contributed by atoms with Gasteiger partial charge in [0.25, 0.3) is 0 Å². The van der Waals surface area contributed by atoms with Crippen molar-refractivity contribution in [1.29, 1.82) is 5.26 Å². The molecule has 6 nitrogen and oxygen atoms in total. The van der Waals surface area contributed by atoms with Crippen molar-refractivity contribution in [2.75, 3.05) is 13.1 Å². The molecule has 1 saturated carbocycles. The first-order valence-electron chi connectivity index (χ1n) is 8.66. The molecule has 1 saturated heterocycles. The van der Waals surface area contributed by atoms with Gasteiger partial charge in [0.05, 0.1) is 12.1 Å². The predicted octanol–water partition coefficient (Wildman–Crippen LogP) is 2.53. The summed E-state index contributed by atoms with van der Waals surface area (Å²) in [6, 6.07) is 2.53. The number of nitrogens with zero attached hydrogens (tertiary/aromatic N) is 5. The molecule has 6 heteroatoms. The zero-order chi connectivity index (χ0) is 16.4. The van der Waals surface area contributed by atoms with E-state index in [1.54, 1.807) is 0 Å². The fourth-order valence-corrected chi connectivity index (χ4v) is 4.05. The lowest BCUT2D eigenvalue weighted by Crippen LogP contribution is -2.49. The summed E-state index contributed by atoms with van der Waals surface area (Å²) in [5.41, 5.74) is -0.784. The molecular weight excluding hydrogens is 290 g/mol. The number of likely N-dealkylation sites (tertiary alicyclic amines) is 1. The number of carbonyl (C=O) groups is 1. The van der Waals surface area contributed by atoms with Gasteiger partial charge in [0, 0.05) is 13.1 Å². The molecular formula is C17H25N5O. The Kier molecular flexibility index (Phi) is 4.38. The third-order valence-corrected chi connectivity index (χ3v) is 5.27. The Hall–Kier alpha value is -1.90. The number of carbonyl (C=O) groups excluding carboxylic acids is 1. The van der Waals surface area contributed by atoms with Gasteiger partial charge in [-0.3, -0.25) is 4.79 Å². The van der Waals surface area contributed by atoms with Crippen molar-refractivity contribution < 1.29 is 4.79 Å². The molecule has 0 N–H and O–H groups in total. The molecule has 3 rings (SSSR count). The Morgan fingerprint density at radius 3 is 2.61 bits per heavy atom. The van der Waals surface area contributed by atoms with E-state index in [0.717, 1.165) is 50.3 Å². The molecule has 2 fully saturated rings. The largest absolute Gasteiger partial charge is 0.339 e. The topological polar surface area (TPSA) is 74.8 Å². The fourth-order valence-electron chi connectivity index (χ4n) is 4.05. The van der Waals surface area contributed by atoms with Gasteiger partial charge in [-0.15, -0.1) is 0 Å². The van der Waals surface area contributed by atoms with Crippen LogP contribution in [-0.2, 0) is 4.79 Å². The van der Waals surface area contributed by atoms with Crippen LogP contribution in [0.25, 0.3) is 0 Å². The summed E-state index contributed by atoms with van der Waals surface area (Å²) in [6.07, 6.45) is 6.49. The van der Waals surface area contributed by atoms with Crippen molar-refractivity contribution in [3.05, 3.63) is 11.6 Å². The van der Waals surface area contributed by atoms with Gasteiger partial charge < -0.3 is 4.90 Å². The third-order valence-electron chi connectivity index (χ3n) is 5.27. The predicted molar refractivity (Wildman–Crippen MR) is 85.5 cm³/mol. The Morgan fingerprint density at radius 2 is 2.00 bits per heavy atom. The van der Waals surface area contributed by atoms with Gasteiger partial charge in [-0.05, 0) is 39.5 Å². The summed E-state index contributed by atoms with van der Waals surface area (Å²) in [5, 5.41) is 14.1. The van der Waals surface area contributed by atoms with Crippen LogP contribution in [0.5, 0.6) is 0 Å². The zero-order valence-electron chi connectivity index (χ0n) is 14.1. The zero-order valence-corrected chi connectivity index (χ0v) is 14.1. The number of rotatable bonds is 2. The highest BCUT2D eigenvalue weighted by Crippen LogP contribution is 2.38. The molecule has 0 bridgehead atoms. The standard InChI is InChI=1S/C17H25N5O/c1-13-19-14(2)22(20-13)15-7-6-10-21(11-15)16(23)17(12-18)8-4-3-5-9-17/h15H,3-11H2,1-2H3/t15-/m1/s1. The second kappa shape index (κ2) is 6.31. The van der Waals surface area contributed by atoms with E-state index in [-0.39, 0.29) is 11.9 Å². The SMILES string of the molecule is Cc1nc(C)n([C@@H]2CCCN(C(=O)C3(C#N)CCCCC3)C2)n1. The molecule has 1 aliphatic heterocycles. The van der Waals surface area contributed by atoms with Crippen LogP contribution in [0.1, 0.15) is 62.6 Å². The summed E-state index contributed by atoms with van der Waals surface area (Å²) in [4.78, 5) is 19.3. The molecule has 1 atom stereocenters. The number of amides is 1. The first-order chi connectivity index (χ1) is 11.1. The Bertz CT molecular complexity index is 623. The van der Waals surface area contributed by atoms with Crippen molar-refractivity contribution in [3.8, 4) is 6.07 Å². The Labute approximate surface area is 137 Å². The number of piperidine rings is 1. The van der Waals surface area contributed by atoms with Crippen LogP contribution < -0.4 is 0 Å². The van der Waals surface area contributed by atoms with Crippen molar-refractivity contribution >= 4 is 5.91 Å². The molecule has 1 amide bonds. The van der Waals surface area contributed by atoms with E-state index in [1.165, 1.54) is 0 Å². The molecule has 1 aliphatic carbocycles. The minimum Gasteiger partial charge on any atom is -0.339 e. The second-order valence-electron chi connectivity index (χ2n) is 6.95. The van der Waals surface area contributed by atoms with Crippen molar-refractivity contribution in [3.63, 3.8) is 0 Å². The summed E-state index contributed by atoms with van der Waals surface area (Å²) in [7, 11) is 0. The van der Waals surface area contributed by atoms with Gasteiger partial charge in [0.15, 0.2) is 0 Å². The summed E-state index contributed by atoms with van der Waals surface area (Å²) in [6.45, 7) is 5.25. The Morgan fingerprint density at radius 1 is 1.26 bits per heavy atom. The molecule has 2 aliphatic rings. The lowest BCUT2D eigenvalue weighted by molar-refractivity contribution is -0.142. The molecule has 0 radical (unpaired) electrons. The van der Waals surface area contributed by atoms with E-state index < -0.39 is 5.41 Å². The highest BCUT2D eigenvalue weighted by atomic mass is 16.2. The lowest BCUT2D eigenvalue weighted by Gasteiger charge is -2.39. The van der Waals surface area contributed by atoms with Crippen LogP contribution in [0.3, 0.4) is 0 Å². The molecule has 2 heterocycles. The quantitative estimate of drug-likeness (QED) is 0.840. The number of hydrogen-bond donors (Lipinski definition) is 0. The smallest absolute Gasteiger partial charge is 0.243 e. The van der Waals surface area contributed by atoms with E-state index in [9.17, 15) is 10.1 Å². The first-order valence-corrected chi connectivity index (χ1v) is 8.66. The van der Waals surface area contributed by atoms with E-state index in [0.29, 0.717) is 19.4 Å². The van der Waals surface area contributed by atoms with Crippen LogP contribution in [0, 0.1) is 30.6 Å². The van der Waals surface area contributed by atoms with Crippen molar-refractivity contribution in [2.45, 2.75) is 64.8 Å². The van der Waals surface area contributed by atoms with Crippen LogP contribution in [0.15, 0.2) is 0 Å². The third kappa shape index (κ3) is 2.97. The maximum atomic E-state index is 13.0. The van der Waals surface area contributed by atoms with E-state index in [2.05, 4.69) is 16.2 Å². The fraction of sp³-hybridized carbons (Fsp3) is 0.765. The highest BCUT2D eigenvalue weighted by Gasteiger charge is 2.43. The summed E-state index contributed by atoms with van der Waals surface area (Å²) in [5.74, 6) is 1.71. The maximum Gasteiger partial charge on any atom is 0.243 e. The normalized spacial score (nSPS) is 24.2. The van der Waals surface area contributed by atoms with Gasteiger partial charge in [0.2, 0.25) is 5.91 Å². The first kappa shape index (κ1) is 16.0. The van der Waals surface area contributed by atoms with Gasteiger partial charge in [0.1, 0.15) is 17.1 Å². The Balaban J connectivity index is 1.77. The van der Waals surface area contributed by atoms with Crippen LogP contribution >= 0.6 is 0 Å². The number of aryl methyl sites for hydroxylation is 2. The minimum atomic E-state index is -0.784. The van der Waals surface area contributed by atoms with Crippen molar-refractivity contribution in [1.82, 2.24) is 19.7 Å². The van der Waals surface area contributed by atoms with E-state index in [1.807, 2.05) is 23.4 Å². The van der Waals surface area contributed by atoms with Gasteiger partial charge in [-0.2, -0.15) is 10.4 Å². The van der Waals surface area contributed by atoms with Crippen LogP contribution in [0.4, 0.5) is 0 Å². The van der Waals surface area contributed by atoms with Crippen LogP contribution in [0.2, 0.25) is 0 Å². The lowest BCUT2D eigenvalue weighted by atomic mass is 9.74. The summed E-state index contributed by atoms with van der Waals surface area (Å²) < 4.78 is 1.95. The van der Waals surface area contributed by atoms with E-state index >= 15 is 0 Å². The maximum absolute atomic E-state index is 13.0. The van der Waals surface area contributed by atoms with Crippen LogP contribution in [-0.4, -0.2) is 38.7 Å². The van der Waals surface area contributed by atoms with Gasteiger partial charge >= 0.3 is 0 Å². The highest BCUT2D eigenvalue weighted by molar-refractivity contribution is 5.85. The minimum absolute atomic E-state index is 0.0406. The molecule has 0 unspecified atom stereocenters. The van der Waals surface area contributed by atoms with Gasteiger partial charge in [-0.1, -0.05) is 19.3 Å². The molecule has 1 aromatic heterocycles. The number of hydrogen-bond acceptors (Lipinski definition) is 4. The van der Waals surface area contributed by atoms with Gasteiger partial charge in [-0.25, -0.2) is 9.67 Å². The number of nitriles is 1. The van der Waals surface area contributed by atoms with E-state index in [4.69, 9.17) is 0 Å². The average molecular weight is 315 g/mol. The average Bonchev–Trinajstić information content (AvgIpc) is 2.93. The number of aromatic nitrogens is 3. The molecule has 124 valence electrons. The monoisotopic (exact) mass is 315 g/mol. The molecule has 1 aromatic rings. The molecule has 0 aromatic carbocycles. The second-order valence-corrected chi connectivity index (χ2v) is 6.95. The molecule has 0 spiro atoms. The van der Waals surface area contributed by atoms with Crippen molar-refractivity contribution in [2.24, 2.45) is 5.41 Å².